The molecule has 1 unspecified atom stereocenters. The maximum Gasteiger partial charge on any atom is 0.255 e. The molecule has 18 heavy (non-hydrogen) atoms. The first-order valence-corrected chi connectivity index (χ1v) is 6.28. The molecule has 1 aromatic carbocycles. The van der Waals surface area contributed by atoms with Gasteiger partial charge in [0.25, 0.3) is 5.91 Å². The molecule has 1 fully saturated rings. The highest BCUT2D eigenvalue weighted by molar-refractivity contribution is 6.33. The van der Waals surface area contributed by atoms with Crippen LogP contribution in [-0.4, -0.2) is 37.5 Å². The molecule has 0 saturated carbocycles. The third-order valence-electron chi connectivity index (χ3n) is 3.17. The molecule has 0 bridgehead atoms. The van der Waals surface area contributed by atoms with Gasteiger partial charge in [0.2, 0.25) is 0 Å². The van der Waals surface area contributed by atoms with Crippen molar-refractivity contribution in [1.82, 2.24) is 10.2 Å². The van der Waals surface area contributed by atoms with E-state index in [1.807, 2.05) is 24.1 Å². The normalized spacial score (nSPS) is 18.6. The van der Waals surface area contributed by atoms with Gasteiger partial charge in [-0.1, -0.05) is 23.7 Å². The van der Waals surface area contributed by atoms with Crippen molar-refractivity contribution in [2.45, 2.75) is 6.42 Å². The molecule has 0 radical (unpaired) electrons. The summed E-state index contributed by atoms with van der Waals surface area (Å²) in [6.07, 6.45) is 1.07. The van der Waals surface area contributed by atoms with E-state index in [1.54, 1.807) is 12.1 Å². The van der Waals surface area contributed by atoms with Crippen molar-refractivity contribution in [3.05, 3.63) is 34.9 Å². The van der Waals surface area contributed by atoms with Crippen LogP contribution in [-0.2, 0) is 0 Å². The predicted octanol–water partition coefficient (Wildman–Crippen LogP) is 2.44. The molecular formula is C13H18Cl2N2O. The second-order valence-electron chi connectivity index (χ2n) is 4.44. The summed E-state index contributed by atoms with van der Waals surface area (Å²) in [7, 11) is 1.94. The van der Waals surface area contributed by atoms with Gasteiger partial charge >= 0.3 is 0 Å². The fraction of sp³-hybridized carbons (Fsp3) is 0.462. The number of hydrogen-bond acceptors (Lipinski definition) is 2. The van der Waals surface area contributed by atoms with E-state index >= 15 is 0 Å². The molecule has 0 aliphatic carbocycles. The lowest BCUT2D eigenvalue weighted by Gasteiger charge is -2.17. The maximum absolute atomic E-state index is 12.2. The molecule has 1 amide bonds. The number of amides is 1. The van der Waals surface area contributed by atoms with Gasteiger partial charge in [-0.25, -0.2) is 0 Å². The van der Waals surface area contributed by atoms with Crippen molar-refractivity contribution in [2.75, 3.05) is 26.7 Å². The molecule has 1 heterocycles. The lowest BCUT2D eigenvalue weighted by molar-refractivity contribution is 0.0787. The largest absolute Gasteiger partial charge is 0.338 e. The van der Waals surface area contributed by atoms with Crippen LogP contribution in [0.15, 0.2) is 24.3 Å². The Morgan fingerprint density at radius 2 is 2.22 bits per heavy atom. The van der Waals surface area contributed by atoms with Gasteiger partial charge in [-0.15, -0.1) is 12.4 Å². The highest BCUT2D eigenvalue weighted by atomic mass is 35.5. The van der Waals surface area contributed by atoms with Crippen LogP contribution in [0.1, 0.15) is 16.8 Å². The van der Waals surface area contributed by atoms with Crippen molar-refractivity contribution in [1.29, 1.82) is 0 Å². The summed E-state index contributed by atoms with van der Waals surface area (Å²) >= 11 is 6.04. The van der Waals surface area contributed by atoms with E-state index in [-0.39, 0.29) is 18.3 Å². The van der Waals surface area contributed by atoms with Gasteiger partial charge in [-0.3, -0.25) is 4.79 Å². The van der Waals surface area contributed by atoms with Crippen molar-refractivity contribution < 1.29 is 4.79 Å². The van der Waals surface area contributed by atoms with Crippen LogP contribution in [0, 0.1) is 5.92 Å². The predicted molar refractivity (Wildman–Crippen MR) is 76.6 cm³/mol. The molecule has 0 spiro atoms. The van der Waals surface area contributed by atoms with Crippen LogP contribution in [0.5, 0.6) is 0 Å². The maximum atomic E-state index is 12.2. The first-order valence-electron chi connectivity index (χ1n) is 5.90. The summed E-state index contributed by atoms with van der Waals surface area (Å²) < 4.78 is 0. The van der Waals surface area contributed by atoms with E-state index in [0.717, 1.165) is 26.1 Å². The molecule has 1 aromatic rings. The Morgan fingerprint density at radius 1 is 1.50 bits per heavy atom. The molecule has 1 aliphatic rings. The molecular weight excluding hydrogens is 271 g/mol. The number of nitrogens with one attached hydrogen (secondary N) is 1. The van der Waals surface area contributed by atoms with Crippen LogP contribution in [0.3, 0.4) is 0 Å². The average Bonchev–Trinajstić information content (AvgIpc) is 2.78. The van der Waals surface area contributed by atoms with Gasteiger partial charge in [0.1, 0.15) is 0 Å². The third kappa shape index (κ3) is 3.37. The standard InChI is InChI=1S/C13H17ClN2O.ClH/c1-15-8-10-6-7-16(9-10)13(17)11-4-2-3-5-12(11)14;/h2-5,10,15H,6-9H2,1H3;1H. The Hall–Kier alpha value is -0.770. The van der Waals surface area contributed by atoms with Gasteiger partial charge < -0.3 is 10.2 Å². The fourth-order valence-electron chi connectivity index (χ4n) is 2.28. The zero-order valence-electron chi connectivity index (χ0n) is 10.4. The van der Waals surface area contributed by atoms with Crippen LogP contribution >= 0.6 is 24.0 Å². The first-order chi connectivity index (χ1) is 8.22. The van der Waals surface area contributed by atoms with Crippen molar-refractivity contribution in [2.24, 2.45) is 5.92 Å². The number of carbonyl (C=O) groups excluding carboxylic acids is 1. The van der Waals surface area contributed by atoms with Gasteiger partial charge in [-0.2, -0.15) is 0 Å². The molecule has 1 aliphatic heterocycles. The molecule has 1 saturated heterocycles. The van der Waals surface area contributed by atoms with E-state index in [4.69, 9.17) is 11.6 Å². The summed E-state index contributed by atoms with van der Waals surface area (Å²) in [4.78, 5) is 14.1. The smallest absolute Gasteiger partial charge is 0.255 e. The SMILES string of the molecule is CNCC1CCN(C(=O)c2ccccc2Cl)C1.Cl. The minimum atomic E-state index is 0. The minimum Gasteiger partial charge on any atom is -0.338 e. The quantitative estimate of drug-likeness (QED) is 0.927. The summed E-state index contributed by atoms with van der Waals surface area (Å²) in [5, 5.41) is 3.69. The van der Waals surface area contributed by atoms with Crippen LogP contribution in [0.4, 0.5) is 0 Å². The molecule has 100 valence electrons. The topological polar surface area (TPSA) is 32.3 Å². The number of halogens is 2. The molecule has 3 nitrogen and oxygen atoms in total. The van der Waals surface area contributed by atoms with E-state index in [9.17, 15) is 4.79 Å². The van der Waals surface area contributed by atoms with Gasteiger partial charge in [-0.05, 0) is 38.1 Å². The average molecular weight is 289 g/mol. The molecule has 0 aromatic heterocycles. The molecule has 5 heteroatoms. The number of carbonyl (C=O) groups is 1. The summed E-state index contributed by atoms with van der Waals surface area (Å²) in [5.41, 5.74) is 0.610. The number of nitrogens with zero attached hydrogens (tertiary/aromatic N) is 1. The number of rotatable bonds is 3. The zero-order chi connectivity index (χ0) is 12.3. The Bertz CT molecular complexity index is 412. The van der Waals surface area contributed by atoms with E-state index in [2.05, 4.69) is 5.32 Å². The number of likely N-dealkylation sites (tertiary alicyclic amines) is 1. The second-order valence-corrected chi connectivity index (χ2v) is 4.85. The third-order valence-corrected chi connectivity index (χ3v) is 3.50. The van der Waals surface area contributed by atoms with Crippen LogP contribution in [0.25, 0.3) is 0 Å². The minimum absolute atomic E-state index is 0. The zero-order valence-corrected chi connectivity index (χ0v) is 11.9. The van der Waals surface area contributed by atoms with E-state index in [0.29, 0.717) is 16.5 Å². The molecule has 2 rings (SSSR count). The summed E-state index contributed by atoms with van der Waals surface area (Å²) in [6, 6.07) is 7.24. The summed E-state index contributed by atoms with van der Waals surface area (Å²) in [5.74, 6) is 0.612. The summed E-state index contributed by atoms with van der Waals surface area (Å²) in [6.45, 7) is 2.62. The lowest BCUT2D eigenvalue weighted by Crippen LogP contribution is -2.30. The van der Waals surface area contributed by atoms with Crippen LogP contribution < -0.4 is 5.32 Å². The highest BCUT2D eigenvalue weighted by Crippen LogP contribution is 2.22. The monoisotopic (exact) mass is 288 g/mol. The first kappa shape index (κ1) is 15.3. The molecule has 1 N–H and O–H groups in total. The lowest BCUT2D eigenvalue weighted by atomic mass is 10.1. The van der Waals surface area contributed by atoms with E-state index < -0.39 is 0 Å². The Kier molecular flexibility index (Phi) is 5.93. The van der Waals surface area contributed by atoms with Crippen molar-refractivity contribution in [3.63, 3.8) is 0 Å². The van der Waals surface area contributed by atoms with Crippen LogP contribution in [0.2, 0.25) is 5.02 Å². The Balaban J connectivity index is 0.00000162. The van der Waals surface area contributed by atoms with Gasteiger partial charge in [0.15, 0.2) is 0 Å². The van der Waals surface area contributed by atoms with Gasteiger partial charge in [0.05, 0.1) is 10.6 Å². The Morgan fingerprint density at radius 3 is 2.89 bits per heavy atom. The van der Waals surface area contributed by atoms with Gasteiger partial charge in [0, 0.05) is 13.1 Å². The number of hydrogen-bond donors (Lipinski definition) is 1. The molecule has 1 atom stereocenters. The van der Waals surface area contributed by atoms with Crippen molar-refractivity contribution >= 4 is 29.9 Å². The van der Waals surface area contributed by atoms with E-state index in [1.165, 1.54) is 0 Å². The Labute approximate surface area is 119 Å². The van der Waals surface area contributed by atoms with Crippen molar-refractivity contribution in [3.8, 4) is 0 Å². The highest BCUT2D eigenvalue weighted by Gasteiger charge is 2.27. The number of benzene rings is 1. The fourth-order valence-corrected chi connectivity index (χ4v) is 2.49. The second kappa shape index (κ2) is 6.98.